The van der Waals surface area contributed by atoms with Crippen molar-refractivity contribution in [2.75, 3.05) is 49.4 Å². The summed E-state index contributed by atoms with van der Waals surface area (Å²) in [4.78, 5) is 39.0. The molecule has 14 heteroatoms. The van der Waals surface area contributed by atoms with Gasteiger partial charge in [0, 0.05) is 48.6 Å². The normalized spacial score (nSPS) is 17.3. The second-order valence-corrected chi connectivity index (χ2v) is 18.7. The summed E-state index contributed by atoms with van der Waals surface area (Å²) in [6.07, 6.45) is 6.88. The first kappa shape index (κ1) is 40.4. The van der Waals surface area contributed by atoms with Crippen LogP contribution in [0.2, 0.25) is 0 Å². The van der Waals surface area contributed by atoms with Crippen molar-refractivity contribution in [3.63, 3.8) is 0 Å². The summed E-state index contributed by atoms with van der Waals surface area (Å²) < 4.78 is 46.5. The third-order valence-corrected chi connectivity index (χ3v) is 12.9. The Labute approximate surface area is 305 Å². The highest BCUT2D eigenvalue weighted by molar-refractivity contribution is 7.98. The Balaban J connectivity index is 1.68. The molecule has 1 unspecified atom stereocenters. The molecule has 0 aromatic heterocycles. The van der Waals surface area contributed by atoms with Crippen LogP contribution in [-0.4, -0.2) is 74.8 Å². The minimum absolute atomic E-state index is 0.0160. The fourth-order valence-electron chi connectivity index (χ4n) is 6.40. The van der Waals surface area contributed by atoms with Gasteiger partial charge in [-0.15, -0.1) is 11.8 Å². The predicted molar refractivity (Wildman–Crippen MR) is 203 cm³/mol. The smallest absolute Gasteiger partial charge is 0.278 e. The molecule has 51 heavy (non-hydrogen) atoms. The van der Waals surface area contributed by atoms with Crippen molar-refractivity contribution in [2.45, 2.75) is 67.9 Å². The quantitative estimate of drug-likeness (QED) is 0.0724. The molecule has 278 valence electrons. The Hall–Kier alpha value is -3.35. The number of carbonyl (C=O) groups is 2. The van der Waals surface area contributed by atoms with Crippen molar-refractivity contribution in [3.8, 4) is 5.75 Å². The zero-order valence-corrected chi connectivity index (χ0v) is 32.3. The Morgan fingerprint density at radius 1 is 1.02 bits per heavy atom. The van der Waals surface area contributed by atoms with Gasteiger partial charge in [-0.1, -0.05) is 88.1 Å². The van der Waals surface area contributed by atoms with Crippen molar-refractivity contribution < 1.29 is 37.3 Å². The lowest BCUT2D eigenvalue weighted by Gasteiger charge is -2.37. The number of sulfone groups is 1. The number of hydrogen-bond donors (Lipinski definition) is 4. The number of nitrogens with zero attached hydrogens (tertiary/aromatic N) is 1. The molecule has 0 radical (unpaired) electrons. The number of benzene rings is 3. The maximum atomic E-state index is 14.4. The highest BCUT2D eigenvalue weighted by Gasteiger charge is 2.43. The monoisotopic (exact) mass is 759 g/mol. The van der Waals surface area contributed by atoms with E-state index in [1.165, 1.54) is 30.0 Å². The Kier molecular flexibility index (Phi) is 13.8. The molecule has 3 aromatic carbocycles. The number of carbonyl (C=O) groups excluding carboxylic acids is 2. The molecule has 4 rings (SSSR count). The average molecular weight is 760 g/mol. The average Bonchev–Trinajstić information content (AvgIpc) is 3.20. The minimum atomic E-state index is -3.83. The maximum absolute atomic E-state index is 14.4. The molecule has 0 spiro atoms. The Bertz CT molecular complexity index is 1800. The van der Waals surface area contributed by atoms with Crippen molar-refractivity contribution in [2.24, 2.45) is 5.41 Å². The Morgan fingerprint density at radius 2 is 1.63 bits per heavy atom. The van der Waals surface area contributed by atoms with Gasteiger partial charge in [-0.3, -0.25) is 14.2 Å². The third-order valence-electron chi connectivity index (χ3n) is 9.06. The van der Waals surface area contributed by atoms with E-state index >= 15 is 0 Å². The van der Waals surface area contributed by atoms with E-state index in [-0.39, 0.29) is 34.7 Å². The van der Waals surface area contributed by atoms with Crippen LogP contribution in [0.15, 0.2) is 82.6 Å². The standard InChI is InChI=1S/C37H50N3O8PS2/c1-5-7-19-36(20-8-6-2)26-40(29-17-13-10-14-18-29)30-23-32(50-4)31(24-33(30)51(46,47)27-36)48-25-34(41)39-37(43,28-15-11-9-12-16-28)35(42)38-21-22-49(3,44)45/h9-18,23-24,43H,5-8,19-22,25-27H2,1-4H3,(H,38,42)(H,39,41)(H,44,45)/t37-/m1/s1. The molecule has 2 atom stereocenters. The molecule has 0 saturated carbocycles. The van der Waals surface area contributed by atoms with Crippen molar-refractivity contribution in [3.05, 3.63) is 78.4 Å². The first-order valence-corrected chi connectivity index (χ1v) is 22.4. The highest BCUT2D eigenvalue weighted by Crippen LogP contribution is 2.47. The van der Waals surface area contributed by atoms with Crippen LogP contribution in [0.3, 0.4) is 0 Å². The number of thioether (sulfide) groups is 1. The van der Waals surface area contributed by atoms with Crippen LogP contribution in [-0.2, 0) is 29.7 Å². The highest BCUT2D eigenvalue weighted by atomic mass is 32.2. The number of aliphatic hydroxyl groups is 1. The van der Waals surface area contributed by atoms with Crippen LogP contribution in [0, 0.1) is 5.41 Å². The Morgan fingerprint density at radius 3 is 2.20 bits per heavy atom. The minimum Gasteiger partial charge on any atom is -0.483 e. The largest absolute Gasteiger partial charge is 0.483 e. The summed E-state index contributed by atoms with van der Waals surface area (Å²) in [5.41, 5.74) is -1.51. The number of unbranched alkanes of at least 4 members (excludes halogenated alkanes) is 2. The SMILES string of the molecule is CCCCC1(CCCC)CN(c2ccccc2)c2cc(SC)c(OCC(=O)N[C@](O)(C(=O)NCCP(C)(=O)O)c3ccccc3)cc2S(=O)(=O)C1. The van der Waals surface area contributed by atoms with Gasteiger partial charge in [-0.05, 0) is 37.3 Å². The number of rotatable bonds is 17. The lowest BCUT2D eigenvalue weighted by molar-refractivity contribution is -0.151. The lowest BCUT2D eigenvalue weighted by atomic mass is 9.79. The van der Waals surface area contributed by atoms with E-state index < -0.39 is 46.8 Å². The maximum Gasteiger partial charge on any atom is 0.278 e. The number of amides is 2. The van der Waals surface area contributed by atoms with Gasteiger partial charge in [0.25, 0.3) is 11.8 Å². The molecule has 11 nitrogen and oxygen atoms in total. The summed E-state index contributed by atoms with van der Waals surface area (Å²) in [6.45, 7) is 5.07. The number of fused-ring (bicyclic) bond motifs is 1. The summed E-state index contributed by atoms with van der Waals surface area (Å²) in [5, 5.41) is 16.3. The van der Waals surface area contributed by atoms with Crippen LogP contribution in [0.25, 0.3) is 0 Å². The first-order chi connectivity index (χ1) is 24.2. The van der Waals surface area contributed by atoms with E-state index in [1.54, 1.807) is 24.3 Å². The number of nitrogens with one attached hydrogen (secondary N) is 2. The molecule has 1 aliphatic heterocycles. The molecule has 1 heterocycles. The van der Waals surface area contributed by atoms with Gasteiger partial charge in [0.05, 0.1) is 21.2 Å². The van der Waals surface area contributed by atoms with Crippen LogP contribution in [0.5, 0.6) is 5.75 Å². The van der Waals surface area contributed by atoms with E-state index in [1.807, 2.05) is 36.6 Å². The lowest BCUT2D eigenvalue weighted by Crippen LogP contribution is -2.57. The second-order valence-electron chi connectivity index (χ2n) is 13.3. The summed E-state index contributed by atoms with van der Waals surface area (Å²) in [5.74, 6) is -1.68. The van der Waals surface area contributed by atoms with E-state index in [0.29, 0.717) is 17.1 Å². The first-order valence-electron chi connectivity index (χ1n) is 17.2. The fourth-order valence-corrected chi connectivity index (χ4v) is 9.60. The van der Waals surface area contributed by atoms with Crippen molar-refractivity contribution in [1.82, 2.24) is 10.6 Å². The number of anilines is 2. The molecule has 1 aliphatic rings. The van der Waals surface area contributed by atoms with Crippen molar-refractivity contribution >= 4 is 52.2 Å². The van der Waals surface area contributed by atoms with Gasteiger partial charge in [0.1, 0.15) is 5.75 Å². The molecule has 3 aromatic rings. The zero-order chi connectivity index (χ0) is 37.3. The van der Waals surface area contributed by atoms with Gasteiger partial charge < -0.3 is 30.3 Å². The number of hydrogen-bond acceptors (Lipinski definition) is 9. The molecule has 0 bridgehead atoms. The molecule has 0 aliphatic carbocycles. The second kappa shape index (κ2) is 17.4. The van der Waals surface area contributed by atoms with Gasteiger partial charge >= 0.3 is 0 Å². The van der Waals surface area contributed by atoms with E-state index in [9.17, 15) is 32.6 Å². The van der Waals surface area contributed by atoms with E-state index in [0.717, 1.165) is 50.9 Å². The molecule has 0 fully saturated rings. The van der Waals surface area contributed by atoms with E-state index in [4.69, 9.17) is 4.74 Å². The molecule has 4 N–H and O–H groups in total. The third kappa shape index (κ3) is 10.4. The number of para-hydroxylation sites is 1. The van der Waals surface area contributed by atoms with Gasteiger partial charge in [-0.25, -0.2) is 8.42 Å². The van der Waals surface area contributed by atoms with E-state index in [2.05, 4.69) is 29.4 Å². The topological polar surface area (TPSA) is 162 Å². The van der Waals surface area contributed by atoms with Crippen LogP contribution in [0.4, 0.5) is 11.4 Å². The predicted octanol–water partition coefficient (Wildman–Crippen LogP) is 6.06. The van der Waals surface area contributed by atoms with Crippen molar-refractivity contribution in [1.29, 1.82) is 0 Å². The molecular formula is C37H50N3O8PS2. The summed E-state index contributed by atoms with van der Waals surface area (Å²) >= 11 is 1.34. The molecule has 2 amide bonds. The van der Waals surface area contributed by atoms with Gasteiger partial charge in [-0.2, -0.15) is 0 Å². The summed E-state index contributed by atoms with van der Waals surface area (Å²) in [6, 6.07) is 20.8. The van der Waals surface area contributed by atoms with Crippen LogP contribution < -0.4 is 20.3 Å². The summed E-state index contributed by atoms with van der Waals surface area (Å²) in [7, 11) is -7.27. The zero-order valence-electron chi connectivity index (χ0n) is 29.8. The van der Waals surface area contributed by atoms with Crippen LogP contribution in [0.1, 0.15) is 57.9 Å². The van der Waals surface area contributed by atoms with Crippen LogP contribution >= 0.6 is 19.1 Å². The fraction of sp³-hybridized carbons (Fsp3) is 0.459. The number of ether oxygens (including phenoxy) is 1. The molecule has 0 saturated heterocycles. The molecular weight excluding hydrogens is 710 g/mol. The van der Waals surface area contributed by atoms with Gasteiger partial charge in [0.15, 0.2) is 23.8 Å². The van der Waals surface area contributed by atoms with Gasteiger partial charge in [0.2, 0.25) is 5.72 Å².